The molecule has 28 heavy (non-hydrogen) atoms. The van der Waals surface area contributed by atoms with E-state index >= 15 is 0 Å². The van der Waals surface area contributed by atoms with Crippen molar-refractivity contribution in [1.82, 2.24) is 5.32 Å². The third kappa shape index (κ3) is 6.40. The molecule has 2 aromatic rings. The van der Waals surface area contributed by atoms with Crippen molar-refractivity contribution < 1.29 is 26.7 Å². The highest BCUT2D eigenvalue weighted by Gasteiger charge is 2.16. The van der Waals surface area contributed by atoms with E-state index in [0.717, 1.165) is 0 Å². The highest BCUT2D eigenvalue weighted by Crippen LogP contribution is 2.26. The molecule has 1 unspecified atom stereocenters. The summed E-state index contributed by atoms with van der Waals surface area (Å²) in [5, 5.41) is 8.22. The first-order valence-electron chi connectivity index (χ1n) is 10.3. The average molecular weight is 412 g/mol. The monoisotopic (exact) mass is 411 g/mol. The molecule has 0 fully saturated rings. The second kappa shape index (κ2) is 10.3. The number of hydrogen-bond acceptors (Lipinski definition) is 6. The molecular weight excluding hydrogens is 380 g/mol. The summed E-state index contributed by atoms with van der Waals surface area (Å²) in [6.07, 6.45) is 0.0680. The van der Waals surface area contributed by atoms with Gasteiger partial charge < -0.3 is 19.5 Å². The van der Waals surface area contributed by atoms with Crippen molar-refractivity contribution in [2.75, 3.05) is 26.9 Å². The van der Waals surface area contributed by atoms with E-state index in [1.54, 1.807) is 18.2 Å². The molecule has 0 bridgehead atoms. The summed E-state index contributed by atoms with van der Waals surface area (Å²) in [6, 6.07) is 10.7. The zero-order valence-corrected chi connectivity index (χ0v) is 16.8. The van der Waals surface area contributed by atoms with Crippen molar-refractivity contribution in [2.24, 2.45) is 5.14 Å². The molecule has 0 aromatic heterocycles. The van der Waals surface area contributed by atoms with Crippen LogP contribution in [0.2, 0.25) is 0 Å². The van der Waals surface area contributed by atoms with Crippen LogP contribution in [-0.2, 0) is 16.4 Å². The zero-order valence-electron chi connectivity index (χ0n) is 19.0. The molecule has 0 radical (unpaired) electrons. The first kappa shape index (κ1) is 17.8. The van der Waals surface area contributed by atoms with Crippen LogP contribution in [0, 0.1) is 0 Å². The standard InChI is InChI=1S/C20H28N2O5S/c1-4-26-17-7-5-6-8-18(17)27-12-11-22-15(2)13-16-9-10-19(25-3)20(14-16)28(21,23)24/h5-10,14-15,22H,4,11-13H2,1-3H3,(H2,21,23,24)/i2D3. The number of para-hydroxylation sites is 2. The molecule has 0 heterocycles. The number of methoxy groups -OCH3 is 1. The second-order valence-electron chi connectivity index (χ2n) is 5.97. The minimum absolute atomic E-state index is 0.0680. The Morgan fingerprint density at radius 3 is 2.46 bits per heavy atom. The van der Waals surface area contributed by atoms with Crippen LogP contribution in [0.1, 0.15) is 23.5 Å². The normalized spacial score (nSPS) is 14.5. The Morgan fingerprint density at radius 2 is 1.86 bits per heavy atom. The topological polar surface area (TPSA) is 99.9 Å². The van der Waals surface area contributed by atoms with Crippen LogP contribution in [0.25, 0.3) is 0 Å². The molecule has 0 spiro atoms. The molecule has 0 aliphatic carbocycles. The van der Waals surface area contributed by atoms with Gasteiger partial charge in [0, 0.05) is 16.7 Å². The maximum atomic E-state index is 11.8. The van der Waals surface area contributed by atoms with Crippen LogP contribution in [0.4, 0.5) is 0 Å². The summed E-state index contributed by atoms with van der Waals surface area (Å²) in [4.78, 5) is -0.187. The molecule has 154 valence electrons. The van der Waals surface area contributed by atoms with Gasteiger partial charge in [0.25, 0.3) is 0 Å². The van der Waals surface area contributed by atoms with Gasteiger partial charge in [-0.25, -0.2) is 13.6 Å². The van der Waals surface area contributed by atoms with E-state index in [1.807, 2.05) is 19.1 Å². The molecule has 2 rings (SSSR count). The number of nitrogens with one attached hydrogen (secondary N) is 1. The summed E-state index contributed by atoms with van der Waals surface area (Å²) in [6.45, 7) is 0.552. The van der Waals surface area contributed by atoms with Crippen LogP contribution in [0.15, 0.2) is 47.4 Å². The molecule has 3 N–H and O–H groups in total. The molecule has 0 aliphatic heterocycles. The Bertz CT molecular complexity index is 968. The minimum Gasteiger partial charge on any atom is -0.495 e. The number of sulfonamides is 1. The van der Waals surface area contributed by atoms with Crippen molar-refractivity contribution in [3.05, 3.63) is 48.0 Å². The summed E-state index contributed by atoms with van der Waals surface area (Å²) < 4.78 is 63.3. The lowest BCUT2D eigenvalue weighted by atomic mass is 10.1. The molecule has 0 aliphatic rings. The van der Waals surface area contributed by atoms with Gasteiger partial charge >= 0.3 is 0 Å². The zero-order chi connectivity index (χ0) is 23.1. The van der Waals surface area contributed by atoms with Crippen LogP contribution >= 0.6 is 0 Å². The number of rotatable bonds is 11. The van der Waals surface area contributed by atoms with E-state index in [-0.39, 0.29) is 30.2 Å². The Hall–Kier alpha value is -2.29. The Kier molecular flexibility index (Phi) is 6.55. The van der Waals surface area contributed by atoms with E-state index in [2.05, 4.69) is 5.32 Å². The maximum Gasteiger partial charge on any atom is 0.241 e. The lowest BCUT2D eigenvalue weighted by molar-refractivity contribution is 0.272. The number of nitrogens with two attached hydrogens (primary N) is 1. The van der Waals surface area contributed by atoms with E-state index in [9.17, 15) is 8.42 Å². The Morgan fingerprint density at radius 1 is 1.14 bits per heavy atom. The van der Waals surface area contributed by atoms with Crippen molar-refractivity contribution in [3.8, 4) is 17.2 Å². The smallest absolute Gasteiger partial charge is 0.241 e. The van der Waals surface area contributed by atoms with Gasteiger partial charge in [0.2, 0.25) is 10.0 Å². The van der Waals surface area contributed by atoms with Crippen LogP contribution in [-0.4, -0.2) is 41.3 Å². The van der Waals surface area contributed by atoms with Gasteiger partial charge in [0.15, 0.2) is 11.5 Å². The lowest BCUT2D eigenvalue weighted by Gasteiger charge is -2.16. The highest BCUT2D eigenvalue weighted by molar-refractivity contribution is 7.89. The van der Waals surface area contributed by atoms with Gasteiger partial charge in [-0.2, -0.15) is 0 Å². The van der Waals surface area contributed by atoms with Crippen molar-refractivity contribution in [1.29, 1.82) is 0 Å². The molecule has 1 atom stereocenters. The molecule has 0 saturated heterocycles. The summed E-state index contributed by atoms with van der Waals surface area (Å²) >= 11 is 0. The first-order valence-corrected chi connectivity index (χ1v) is 10.4. The van der Waals surface area contributed by atoms with Crippen molar-refractivity contribution >= 4 is 10.0 Å². The fourth-order valence-electron chi connectivity index (χ4n) is 2.62. The van der Waals surface area contributed by atoms with Gasteiger partial charge in [-0.3, -0.25) is 0 Å². The maximum absolute atomic E-state index is 11.8. The molecular formula is C20H28N2O5S. The van der Waals surface area contributed by atoms with Crippen LogP contribution in [0.5, 0.6) is 17.2 Å². The first-order chi connectivity index (χ1) is 14.6. The van der Waals surface area contributed by atoms with Crippen molar-refractivity contribution in [3.63, 3.8) is 0 Å². The second-order valence-corrected chi connectivity index (χ2v) is 7.50. The van der Waals surface area contributed by atoms with E-state index in [4.69, 9.17) is 23.5 Å². The number of hydrogen-bond donors (Lipinski definition) is 2. The highest BCUT2D eigenvalue weighted by atomic mass is 32.2. The molecule has 8 heteroatoms. The van der Waals surface area contributed by atoms with Crippen LogP contribution < -0.4 is 24.7 Å². The predicted octanol–water partition coefficient (Wildman–Crippen LogP) is 2.34. The molecule has 0 saturated carbocycles. The van der Waals surface area contributed by atoms with Crippen molar-refractivity contribution in [2.45, 2.75) is 31.1 Å². The van der Waals surface area contributed by atoms with Gasteiger partial charge in [-0.05, 0) is 50.0 Å². The van der Waals surface area contributed by atoms with Gasteiger partial charge in [0.05, 0.1) is 13.7 Å². The number of benzene rings is 2. The lowest BCUT2D eigenvalue weighted by Crippen LogP contribution is -2.32. The Balaban J connectivity index is 2.06. The SMILES string of the molecule is [2H]C([2H])([2H])C(Cc1ccc(OC)c(S(N)(=O)=O)c1)NCCOc1ccccc1OCC. The minimum atomic E-state index is -4.02. The predicted molar refractivity (Wildman–Crippen MR) is 109 cm³/mol. The summed E-state index contributed by atoms with van der Waals surface area (Å²) in [5.41, 5.74) is 0.501. The summed E-state index contributed by atoms with van der Waals surface area (Å²) in [5.74, 6) is 1.29. The van der Waals surface area contributed by atoms with E-state index in [0.29, 0.717) is 23.7 Å². The largest absolute Gasteiger partial charge is 0.495 e. The average Bonchev–Trinajstić information content (AvgIpc) is 2.70. The number of ether oxygens (including phenoxy) is 3. The third-order valence-electron chi connectivity index (χ3n) is 3.87. The molecule has 2 aromatic carbocycles. The van der Waals surface area contributed by atoms with Gasteiger partial charge in [-0.15, -0.1) is 0 Å². The number of primary sulfonamides is 1. The van der Waals surface area contributed by atoms with Gasteiger partial charge in [-0.1, -0.05) is 18.2 Å². The van der Waals surface area contributed by atoms with E-state index in [1.165, 1.54) is 19.2 Å². The third-order valence-corrected chi connectivity index (χ3v) is 4.81. The quantitative estimate of drug-likeness (QED) is 0.551. The fraction of sp³-hybridized carbons (Fsp3) is 0.400. The van der Waals surface area contributed by atoms with E-state index < -0.39 is 22.9 Å². The van der Waals surface area contributed by atoms with Crippen LogP contribution in [0.3, 0.4) is 0 Å². The summed E-state index contributed by atoms with van der Waals surface area (Å²) in [7, 11) is -2.68. The molecule has 0 amide bonds. The molecule has 7 nitrogen and oxygen atoms in total. The van der Waals surface area contributed by atoms with Gasteiger partial charge in [0.1, 0.15) is 17.3 Å². The fourth-order valence-corrected chi connectivity index (χ4v) is 3.36. The Labute approximate surface area is 171 Å².